The Morgan fingerprint density at radius 3 is 2.60 bits per heavy atom. The summed E-state index contributed by atoms with van der Waals surface area (Å²) in [7, 11) is 0. The van der Waals surface area contributed by atoms with Gasteiger partial charge in [0.2, 0.25) is 0 Å². The predicted molar refractivity (Wildman–Crippen MR) is 79.7 cm³/mol. The molecule has 0 unspecified atom stereocenters. The summed E-state index contributed by atoms with van der Waals surface area (Å²) >= 11 is 8.92. The molecule has 0 spiro atoms. The Morgan fingerprint density at radius 1 is 1.25 bits per heavy atom. The van der Waals surface area contributed by atoms with Crippen molar-refractivity contribution in [2.24, 2.45) is 0 Å². The number of carbonyl (C=O) groups excluding carboxylic acids is 1. The minimum Gasteiger partial charge on any atom is -0.484 e. The molecule has 2 rings (SSSR count). The molecule has 1 amide bonds. The molecule has 104 valence electrons. The number of benzene rings is 2. The predicted octanol–water partition coefficient (Wildman–Crippen LogP) is 4.26. The van der Waals surface area contributed by atoms with Crippen molar-refractivity contribution in [2.75, 3.05) is 11.9 Å². The molecule has 0 saturated carbocycles. The second-order valence-corrected chi connectivity index (χ2v) is 5.24. The monoisotopic (exact) mass is 357 g/mol. The minimum atomic E-state index is -0.529. The van der Waals surface area contributed by atoms with Gasteiger partial charge in [-0.3, -0.25) is 4.79 Å². The highest BCUT2D eigenvalue weighted by molar-refractivity contribution is 9.10. The van der Waals surface area contributed by atoms with Crippen LogP contribution in [-0.2, 0) is 4.79 Å². The fourth-order valence-corrected chi connectivity index (χ4v) is 1.88. The summed E-state index contributed by atoms with van der Waals surface area (Å²) in [5, 5.41) is 2.63. The molecule has 20 heavy (non-hydrogen) atoms. The minimum absolute atomic E-state index is 0.0455. The van der Waals surface area contributed by atoms with Crippen LogP contribution < -0.4 is 10.1 Å². The fraction of sp³-hybridized carbons (Fsp3) is 0.0714. The van der Waals surface area contributed by atoms with Crippen LogP contribution in [0.1, 0.15) is 0 Å². The van der Waals surface area contributed by atoms with Gasteiger partial charge in [0, 0.05) is 16.2 Å². The first-order chi connectivity index (χ1) is 9.54. The number of carbonyl (C=O) groups is 1. The maximum atomic E-state index is 12.9. The van der Waals surface area contributed by atoms with Gasteiger partial charge >= 0.3 is 0 Å². The van der Waals surface area contributed by atoms with E-state index in [9.17, 15) is 9.18 Å². The number of rotatable bonds is 4. The van der Waals surface area contributed by atoms with Gasteiger partial charge in [0.1, 0.15) is 11.6 Å². The number of hydrogen-bond acceptors (Lipinski definition) is 2. The Bertz CT molecular complexity index is 619. The third-order valence-electron chi connectivity index (χ3n) is 2.39. The van der Waals surface area contributed by atoms with Crippen LogP contribution in [0, 0.1) is 5.82 Å². The van der Waals surface area contributed by atoms with Gasteiger partial charge in [-0.1, -0.05) is 27.5 Å². The summed E-state index contributed by atoms with van der Waals surface area (Å²) in [5.74, 6) is -0.506. The highest BCUT2D eigenvalue weighted by atomic mass is 79.9. The van der Waals surface area contributed by atoms with Crippen LogP contribution >= 0.6 is 27.5 Å². The van der Waals surface area contributed by atoms with Crippen molar-refractivity contribution in [2.45, 2.75) is 0 Å². The molecule has 0 aromatic heterocycles. The van der Waals surface area contributed by atoms with Gasteiger partial charge in [0.05, 0.1) is 5.02 Å². The Balaban J connectivity index is 1.88. The normalized spacial score (nSPS) is 10.2. The molecule has 0 bridgehead atoms. The molecule has 0 aliphatic rings. The van der Waals surface area contributed by atoms with Gasteiger partial charge in [-0.15, -0.1) is 0 Å². The molecule has 0 aliphatic heterocycles. The average molecular weight is 359 g/mol. The number of halogens is 3. The third kappa shape index (κ3) is 4.21. The maximum Gasteiger partial charge on any atom is 0.262 e. The second kappa shape index (κ2) is 6.72. The molecule has 0 heterocycles. The summed E-state index contributed by atoms with van der Waals surface area (Å²) in [4.78, 5) is 11.7. The van der Waals surface area contributed by atoms with E-state index in [0.29, 0.717) is 11.4 Å². The number of nitrogens with one attached hydrogen (secondary N) is 1. The van der Waals surface area contributed by atoms with Crippen molar-refractivity contribution in [1.82, 2.24) is 0 Å². The molecule has 6 heteroatoms. The Kier molecular flexibility index (Phi) is 4.98. The van der Waals surface area contributed by atoms with Crippen molar-refractivity contribution in [3.05, 3.63) is 57.8 Å². The fourth-order valence-electron chi connectivity index (χ4n) is 1.45. The number of amides is 1. The molecule has 0 saturated heterocycles. The maximum absolute atomic E-state index is 12.9. The summed E-state index contributed by atoms with van der Waals surface area (Å²) in [6.45, 7) is -0.183. The van der Waals surface area contributed by atoms with Crippen LogP contribution in [0.3, 0.4) is 0 Å². The molecule has 3 nitrogen and oxygen atoms in total. The van der Waals surface area contributed by atoms with Crippen molar-refractivity contribution in [3.63, 3.8) is 0 Å². The molecular weight excluding hydrogens is 349 g/mol. The van der Waals surface area contributed by atoms with Crippen molar-refractivity contribution < 1.29 is 13.9 Å². The van der Waals surface area contributed by atoms with Gasteiger partial charge in [-0.25, -0.2) is 4.39 Å². The molecule has 0 aliphatic carbocycles. The van der Waals surface area contributed by atoms with Gasteiger partial charge in [0.25, 0.3) is 5.91 Å². The summed E-state index contributed by atoms with van der Waals surface area (Å²) < 4.78 is 19.1. The smallest absolute Gasteiger partial charge is 0.262 e. The molecule has 2 aromatic rings. The number of ether oxygens (including phenoxy) is 1. The molecular formula is C14H10BrClFNO2. The summed E-state index contributed by atoms with van der Waals surface area (Å²) in [6.07, 6.45) is 0. The van der Waals surface area contributed by atoms with Gasteiger partial charge in [-0.05, 0) is 36.4 Å². The van der Waals surface area contributed by atoms with E-state index in [-0.39, 0.29) is 17.5 Å². The van der Waals surface area contributed by atoms with Crippen molar-refractivity contribution in [3.8, 4) is 5.75 Å². The van der Waals surface area contributed by atoms with Gasteiger partial charge in [-0.2, -0.15) is 0 Å². The van der Waals surface area contributed by atoms with Crippen LogP contribution in [-0.4, -0.2) is 12.5 Å². The van der Waals surface area contributed by atoms with E-state index in [0.717, 1.165) is 4.47 Å². The zero-order valence-corrected chi connectivity index (χ0v) is 12.5. The summed E-state index contributed by atoms with van der Waals surface area (Å²) in [6, 6.07) is 11.1. The van der Waals surface area contributed by atoms with Crippen LogP contribution in [0.15, 0.2) is 46.9 Å². The first-order valence-corrected chi connectivity index (χ1v) is 6.85. The molecule has 0 atom stereocenters. The number of anilines is 1. The SMILES string of the molecule is O=C(COc1ccc(F)c(Cl)c1)Nc1ccc(Br)cc1. The van der Waals surface area contributed by atoms with E-state index in [1.54, 1.807) is 12.1 Å². The first-order valence-electron chi connectivity index (χ1n) is 5.68. The lowest BCUT2D eigenvalue weighted by atomic mass is 10.3. The lowest BCUT2D eigenvalue weighted by molar-refractivity contribution is -0.118. The van der Waals surface area contributed by atoms with Crippen molar-refractivity contribution in [1.29, 1.82) is 0 Å². The molecule has 2 aromatic carbocycles. The second-order valence-electron chi connectivity index (χ2n) is 3.92. The van der Waals surface area contributed by atoms with Gasteiger partial charge < -0.3 is 10.1 Å². The first kappa shape index (κ1) is 14.8. The quantitative estimate of drug-likeness (QED) is 0.887. The number of hydrogen-bond donors (Lipinski definition) is 1. The molecule has 1 N–H and O–H groups in total. The van der Waals surface area contributed by atoms with Crippen LogP contribution in [0.5, 0.6) is 5.75 Å². The van der Waals surface area contributed by atoms with E-state index >= 15 is 0 Å². The molecule has 0 fully saturated rings. The van der Waals surface area contributed by atoms with Crippen molar-refractivity contribution >= 4 is 39.1 Å². The van der Waals surface area contributed by atoms with E-state index < -0.39 is 5.82 Å². The van der Waals surface area contributed by atoms with E-state index in [1.165, 1.54) is 18.2 Å². The topological polar surface area (TPSA) is 38.3 Å². The molecule has 0 radical (unpaired) electrons. The largest absolute Gasteiger partial charge is 0.484 e. The van der Waals surface area contributed by atoms with Gasteiger partial charge in [0.15, 0.2) is 6.61 Å². The van der Waals surface area contributed by atoms with Crippen LogP contribution in [0.25, 0.3) is 0 Å². The lowest BCUT2D eigenvalue weighted by Crippen LogP contribution is -2.20. The van der Waals surface area contributed by atoms with E-state index in [2.05, 4.69) is 21.2 Å². The zero-order chi connectivity index (χ0) is 14.5. The lowest BCUT2D eigenvalue weighted by Gasteiger charge is -2.08. The van der Waals surface area contributed by atoms with E-state index in [4.69, 9.17) is 16.3 Å². The van der Waals surface area contributed by atoms with Crippen LogP contribution in [0.4, 0.5) is 10.1 Å². The Labute approximate surface area is 128 Å². The average Bonchev–Trinajstić information content (AvgIpc) is 2.43. The highest BCUT2D eigenvalue weighted by Crippen LogP contribution is 2.21. The van der Waals surface area contributed by atoms with Crippen LogP contribution in [0.2, 0.25) is 5.02 Å². The Morgan fingerprint density at radius 2 is 1.95 bits per heavy atom. The zero-order valence-electron chi connectivity index (χ0n) is 10.2. The Hall–Kier alpha value is -1.59. The highest BCUT2D eigenvalue weighted by Gasteiger charge is 2.06. The van der Waals surface area contributed by atoms with E-state index in [1.807, 2.05) is 12.1 Å². The summed E-state index contributed by atoms with van der Waals surface area (Å²) in [5.41, 5.74) is 0.666. The third-order valence-corrected chi connectivity index (χ3v) is 3.21. The standard InChI is InChI=1S/C14H10BrClFNO2/c15-9-1-3-10(4-2-9)18-14(19)8-20-11-5-6-13(17)12(16)7-11/h1-7H,8H2,(H,18,19).